The topological polar surface area (TPSA) is 30.0 Å². The lowest BCUT2D eigenvalue weighted by atomic mass is 9.95. The zero-order valence-corrected chi connectivity index (χ0v) is 15.9. The Bertz CT molecular complexity index is 370. The van der Waals surface area contributed by atoms with E-state index in [0.717, 1.165) is 58.2 Å². The summed E-state index contributed by atoms with van der Waals surface area (Å²) in [6, 6.07) is 0.742. The van der Waals surface area contributed by atoms with Gasteiger partial charge in [0.1, 0.15) is 0 Å². The predicted octanol–water partition coefficient (Wildman–Crippen LogP) is 1.29. The molecule has 0 saturated carbocycles. The van der Waals surface area contributed by atoms with Crippen molar-refractivity contribution in [2.75, 3.05) is 59.4 Å². The van der Waals surface area contributed by atoms with Crippen molar-refractivity contribution in [1.29, 1.82) is 0 Å². The molecule has 6 heteroatoms. The molecule has 0 N–H and O–H groups in total. The van der Waals surface area contributed by atoms with Crippen molar-refractivity contribution in [3.63, 3.8) is 0 Å². The molecule has 3 saturated heterocycles. The van der Waals surface area contributed by atoms with Crippen LogP contribution in [0.15, 0.2) is 0 Å². The first-order valence-corrected chi connectivity index (χ1v) is 9.72. The minimum absolute atomic E-state index is 0.282. The van der Waals surface area contributed by atoms with E-state index < -0.39 is 0 Å². The molecule has 0 aliphatic carbocycles. The molecular formula is C16H29IN4O. The SMILES string of the molecule is CN1CCC(C(=O)N2CCN(C3CCN(I)CC3)CC2)CC1. The van der Waals surface area contributed by atoms with E-state index in [0.29, 0.717) is 5.91 Å². The van der Waals surface area contributed by atoms with Crippen LogP contribution >= 0.6 is 22.9 Å². The summed E-state index contributed by atoms with van der Waals surface area (Å²) in [6.45, 7) is 8.59. The third-order valence-corrected chi connectivity index (χ3v) is 6.58. The molecule has 126 valence electrons. The molecule has 0 spiro atoms. The Morgan fingerprint density at radius 2 is 1.45 bits per heavy atom. The maximum Gasteiger partial charge on any atom is 0.225 e. The summed E-state index contributed by atoms with van der Waals surface area (Å²) < 4.78 is 2.40. The molecule has 0 aromatic carbocycles. The molecule has 3 aliphatic heterocycles. The Labute approximate surface area is 148 Å². The van der Waals surface area contributed by atoms with Crippen LogP contribution in [0.2, 0.25) is 0 Å². The molecule has 0 aromatic heterocycles. The lowest BCUT2D eigenvalue weighted by molar-refractivity contribution is -0.139. The van der Waals surface area contributed by atoms with Crippen molar-refractivity contribution in [3.8, 4) is 0 Å². The van der Waals surface area contributed by atoms with Crippen molar-refractivity contribution in [1.82, 2.24) is 17.8 Å². The van der Waals surface area contributed by atoms with Crippen molar-refractivity contribution < 1.29 is 4.79 Å². The molecule has 0 atom stereocenters. The summed E-state index contributed by atoms with van der Waals surface area (Å²) in [5.74, 6) is 0.708. The minimum Gasteiger partial charge on any atom is -0.340 e. The number of hydrogen-bond acceptors (Lipinski definition) is 4. The fourth-order valence-electron chi connectivity index (χ4n) is 4.02. The fourth-order valence-corrected chi connectivity index (χ4v) is 4.58. The van der Waals surface area contributed by atoms with Crippen molar-refractivity contribution in [2.45, 2.75) is 31.7 Å². The Morgan fingerprint density at radius 1 is 0.864 bits per heavy atom. The van der Waals surface area contributed by atoms with Gasteiger partial charge in [0.15, 0.2) is 0 Å². The zero-order chi connectivity index (χ0) is 15.5. The van der Waals surface area contributed by atoms with Crippen molar-refractivity contribution in [3.05, 3.63) is 0 Å². The second-order valence-electron chi connectivity index (χ2n) is 7.08. The van der Waals surface area contributed by atoms with Crippen LogP contribution in [0.5, 0.6) is 0 Å². The van der Waals surface area contributed by atoms with Gasteiger partial charge in [0, 0.05) is 74.1 Å². The first kappa shape index (κ1) is 16.9. The van der Waals surface area contributed by atoms with Gasteiger partial charge in [0.2, 0.25) is 5.91 Å². The summed E-state index contributed by atoms with van der Waals surface area (Å²) in [5, 5.41) is 0. The number of amides is 1. The van der Waals surface area contributed by atoms with Crippen LogP contribution in [0.1, 0.15) is 25.7 Å². The van der Waals surface area contributed by atoms with Gasteiger partial charge in [0.25, 0.3) is 0 Å². The van der Waals surface area contributed by atoms with E-state index in [1.54, 1.807) is 0 Å². The lowest BCUT2D eigenvalue weighted by Gasteiger charge is -2.43. The van der Waals surface area contributed by atoms with E-state index in [-0.39, 0.29) is 5.92 Å². The Balaban J connectivity index is 1.44. The van der Waals surface area contributed by atoms with Gasteiger partial charge in [0.05, 0.1) is 0 Å². The zero-order valence-electron chi connectivity index (χ0n) is 13.7. The van der Waals surface area contributed by atoms with Gasteiger partial charge in [-0.15, -0.1) is 0 Å². The molecule has 0 aromatic rings. The van der Waals surface area contributed by atoms with Gasteiger partial charge >= 0.3 is 0 Å². The smallest absolute Gasteiger partial charge is 0.225 e. The van der Waals surface area contributed by atoms with Gasteiger partial charge in [-0.05, 0) is 45.8 Å². The number of likely N-dealkylation sites (tertiary alicyclic amines) is 1. The van der Waals surface area contributed by atoms with Crippen LogP contribution in [0.3, 0.4) is 0 Å². The number of nitrogens with zero attached hydrogens (tertiary/aromatic N) is 4. The van der Waals surface area contributed by atoms with Gasteiger partial charge in [-0.25, -0.2) is 3.11 Å². The largest absolute Gasteiger partial charge is 0.340 e. The number of piperidine rings is 2. The van der Waals surface area contributed by atoms with E-state index in [9.17, 15) is 4.79 Å². The number of halogens is 1. The Morgan fingerprint density at radius 3 is 2.05 bits per heavy atom. The molecule has 22 heavy (non-hydrogen) atoms. The number of piperazine rings is 1. The van der Waals surface area contributed by atoms with Gasteiger partial charge in [-0.1, -0.05) is 0 Å². The highest BCUT2D eigenvalue weighted by Gasteiger charge is 2.32. The molecule has 0 radical (unpaired) electrons. The maximum atomic E-state index is 12.7. The van der Waals surface area contributed by atoms with Gasteiger partial charge in [-0.3, -0.25) is 9.69 Å². The molecule has 1 amide bonds. The summed E-state index contributed by atoms with van der Waals surface area (Å²) >= 11 is 2.43. The van der Waals surface area contributed by atoms with Crippen molar-refractivity contribution >= 4 is 28.8 Å². The minimum atomic E-state index is 0.282. The molecule has 3 rings (SSSR count). The quantitative estimate of drug-likeness (QED) is 0.498. The number of rotatable bonds is 2. The number of carbonyl (C=O) groups excluding carboxylic acids is 1. The fraction of sp³-hybridized carbons (Fsp3) is 0.938. The molecular weight excluding hydrogens is 391 g/mol. The Hall–Kier alpha value is 0.0800. The summed E-state index contributed by atoms with van der Waals surface area (Å²) in [4.78, 5) is 19.8. The predicted molar refractivity (Wildman–Crippen MR) is 97.0 cm³/mol. The highest BCUT2D eigenvalue weighted by atomic mass is 127. The third-order valence-electron chi connectivity index (χ3n) is 5.62. The summed E-state index contributed by atoms with van der Waals surface area (Å²) in [7, 11) is 2.15. The van der Waals surface area contributed by atoms with Crippen LogP contribution in [-0.2, 0) is 4.79 Å². The second kappa shape index (κ2) is 7.77. The maximum absolute atomic E-state index is 12.7. The molecule has 0 bridgehead atoms. The Kier molecular flexibility index (Phi) is 5.97. The van der Waals surface area contributed by atoms with Crippen LogP contribution in [0.4, 0.5) is 0 Å². The number of hydrogen-bond donors (Lipinski definition) is 0. The summed E-state index contributed by atoms with van der Waals surface area (Å²) in [5.41, 5.74) is 0. The van der Waals surface area contributed by atoms with Crippen LogP contribution < -0.4 is 0 Å². The monoisotopic (exact) mass is 420 g/mol. The highest BCUT2D eigenvalue weighted by Crippen LogP contribution is 2.22. The van der Waals surface area contributed by atoms with Crippen LogP contribution in [0.25, 0.3) is 0 Å². The standard InChI is InChI=1S/C16H29IN4O/c1-18-6-2-14(3-7-18)16(22)20-12-10-19(11-13-20)15-4-8-21(17)9-5-15/h14-15H,2-13H2,1H3. The van der Waals surface area contributed by atoms with Crippen LogP contribution in [0, 0.1) is 5.92 Å². The molecule has 3 fully saturated rings. The van der Waals surface area contributed by atoms with Crippen molar-refractivity contribution in [2.24, 2.45) is 5.92 Å². The van der Waals surface area contributed by atoms with Crippen LogP contribution in [-0.4, -0.2) is 89.2 Å². The van der Waals surface area contributed by atoms with E-state index in [1.807, 2.05) is 0 Å². The van der Waals surface area contributed by atoms with E-state index in [1.165, 1.54) is 25.9 Å². The second-order valence-corrected chi connectivity index (χ2v) is 8.44. The van der Waals surface area contributed by atoms with Gasteiger partial charge < -0.3 is 9.80 Å². The first-order chi connectivity index (χ1) is 10.6. The molecule has 0 unspecified atom stereocenters. The lowest BCUT2D eigenvalue weighted by Crippen LogP contribution is -2.55. The number of carbonyl (C=O) groups is 1. The van der Waals surface area contributed by atoms with E-state index >= 15 is 0 Å². The average Bonchev–Trinajstić information content (AvgIpc) is 2.56. The normalized spacial score (nSPS) is 28.2. The summed E-state index contributed by atoms with van der Waals surface area (Å²) in [6.07, 6.45) is 4.66. The molecule has 5 nitrogen and oxygen atoms in total. The molecule has 3 aliphatic rings. The average molecular weight is 420 g/mol. The third kappa shape index (κ3) is 4.13. The van der Waals surface area contributed by atoms with Gasteiger partial charge in [-0.2, -0.15) is 0 Å². The molecule has 3 heterocycles. The van der Waals surface area contributed by atoms with E-state index in [2.05, 4.69) is 47.7 Å². The first-order valence-electron chi connectivity index (χ1n) is 8.75. The highest BCUT2D eigenvalue weighted by molar-refractivity contribution is 14.1. The van der Waals surface area contributed by atoms with E-state index in [4.69, 9.17) is 0 Å².